The van der Waals surface area contributed by atoms with E-state index >= 15 is 0 Å². The molecule has 1 amide bonds. The van der Waals surface area contributed by atoms with Gasteiger partial charge in [-0.2, -0.15) is 0 Å². The molecule has 0 spiro atoms. The topological polar surface area (TPSA) is 99.4 Å². The molecule has 0 aliphatic heterocycles. The number of aryl methyl sites for hydroxylation is 1. The zero-order valence-electron chi connectivity index (χ0n) is 10.9. The molecule has 2 rings (SSSR count). The molecule has 2 N–H and O–H groups in total. The highest BCUT2D eigenvalue weighted by molar-refractivity contribution is 6.06. The van der Waals surface area contributed by atoms with Crippen molar-refractivity contribution in [2.24, 2.45) is 0 Å². The summed E-state index contributed by atoms with van der Waals surface area (Å²) in [5, 5.41) is 9.45. The Bertz CT molecular complexity index is 671. The molecule has 0 fully saturated rings. The van der Waals surface area contributed by atoms with Gasteiger partial charge in [0.1, 0.15) is 11.1 Å². The summed E-state index contributed by atoms with van der Waals surface area (Å²) in [6.07, 6.45) is 0.574. The van der Waals surface area contributed by atoms with Crippen molar-refractivity contribution in [3.8, 4) is 0 Å². The molecule has 0 aliphatic rings. The van der Waals surface area contributed by atoms with E-state index in [-0.39, 0.29) is 29.1 Å². The van der Waals surface area contributed by atoms with E-state index in [1.807, 2.05) is 0 Å². The van der Waals surface area contributed by atoms with Crippen LogP contribution in [0.2, 0.25) is 0 Å². The van der Waals surface area contributed by atoms with E-state index in [9.17, 15) is 14.7 Å². The molecule has 2 aromatic rings. The number of H-pyrrole nitrogens is 1. The lowest BCUT2D eigenvalue weighted by molar-refractivity contribution is 0.0703. The Balaban J connectivity index is 2.53. The number of likely N-dealkylation sites (N-methyl/N-ethyl adjacent to an activating group) is 1. The lowest BCUT2D eigenvalue weighted by atomic mass is 10.1. The highest BCUT2D eigenvalue weighted by Crippen LogP contribution is 2.21. The van der Waals surface area contributed by atoms with E-state index in [0.717, 1.165) is 0 Å². The van der Waals surface area contributed by atoms with E-state index in [2.05, 4.69) is 9.97 Å². The van der Waals surface area contributed by atoms with Crippen molar-refractivity contribution < 1.29 is 14.3 Å². The van der Waals surface area contributed by atoms with Crippen molar-refractivity contribution in [2.75, 3.05) is 13.6 Å². The maximum atomic E-state index is 12.3. The summed E-state index contributed by atoms with van der Waals surface area (Å²) in [5.41, 5.74) is -0.0989. The van der Waals surface area contributed by atoms with E-state index in [0.29, 0.717) is 5.76 Å². The molecule has 0 aliphatic carbocycles. The second-order valence-corrected chi connectivity index (χ2v) is 4.48. The van der Waals surface area contributed by atoms with Gasteiger partial charge in [-0.3, -0.25) is 9.59 Å². The first-order chi connectivity index (χ1) is 8.91. The molecule has 2 aromatic heterocycles. The van der Waals surface area contributed by atoms with Gasteiger partial charge in [-0.1, -0.05) is 0 Å². The number of hydrogen-bond donors (Lipinski definition) is 2. The molecule has 19 heavy (non-hydrogen) atoms. The Morgan fingerprint density at radius 3 is 2.95 bits per heavy atom. The summed E-state index contributed by atoms with van der Waals surface area (Å²) in [4.78, 5) is 31.7. The van der Waals surface area contributed by atoms with Gasteiger partial charge in [0.2, 0.25) is 5.71 Å². The van der Waals surface area contributed by atoms with Gasteiger partial charge in [-0.15, -0.1) is 0 Å². The second-order valence-electron chi connectivity index (χ2n) is 4.48. The molecular weight excluding hydrogens is 250 g/mol. The van der Waals surface area contributed by atoms with Crippen LogP contribution in [-0.2, 0) is 0 Å². The number of aromatic nitrogens is 2. The standard InChI is InChI=1S/C12H15N3O4/c1-6(16)4-15(3)12(18)8-7(2)19-11-9(8)10(17)13-5-14-11/h5-6,16H,4H2,1-3H3,(H,13,14,17). The Labute approximate surface area is 108 Å². The van der Waals surface area contributed by atoms with Crippen molar-refractivity contribution in [3.05, 3.63) is 28.0 Å². The van der Waals surface area contributed by atoms with E-state index < -0.39 is 11.7 Å². The quantitative estimate of drug-likeness (QED) is 0.830. The summed E-state index contributed by atoms with van der Waals surface area (Å²) < 4.78 is 5.32. The Hall–Kier alpha value is -2.15. The number of nitrogens with one attached hydrogen (secondary N) is 1. The van der Waals surface area contributed by atoms with Crippen LogP contribution in [0, 0.1) is 6.92 Å². The normalized spacial score (nSPS) is 12.6. The maximum absolute atomic E-state index is 12.3. The number of aliphatic hydroxyl groups is 1. The van der Waals surface area contributed by atoms with Gasteiger partial charge in [0.05, 0.1) is 18.0 Å². The number of amides is 1. The summed E-state index contributed by atoms with van der Waals surface area (Å²) in [6, 6.07) is 0. The SMILES string of the molecule is Cc1oc2nc[nH]c(=O)c2c1C(=O)N(C)CC(C)O. The highest BCUT2D eigenvalue weighted by Gasteiger charge is 2.24. The number of furan rings is 1. The average Bonchev–Trinajstić information content (AvgIpc) is 2.65. The summed E-state index contributed by atoms with van der Waals surface area (Å²) in [6.45, 7) is 3.35. The van der Waals surface area contributed by atoms with Crippen molar-refractivity contribution in [1.82, 2.24) is 14.9 Å². The molecule has 0 aromatic carbocycles. The number of aromatic amines is 1. The number of nitrogens with zero attached hydrogens (tertiary/aromatic N) is 2. The van der Waals surface area contributed by atoms with Crippen LogP contribution in [0.3, 0.4) is 0 Å². The van der Waals surface area contributed by atoms with Crippen molar-refractivity contribution >= 4 is 17.0 Å². The van der Waals surface area contributed by atoms with E-state index in [1.165, 1.54) is 11.2 Å². The van der Waals surface area contributed by atoms with E-state index in [1.54, 1.807) is 20.9 Å². The second kappa shape index (κ2) is 4.85. The fourth-order valence-electron chi connectivity index (χ4n) is 1.98. The lowest BCUT2D eigenvalue weighted by Gasteiger charge is -2.18. The third kappa shape index (κ3) is 2.37. The molecule has 0 radical (unpaired) electrons. The van der Waals surface area contributed by atoms with Gasteiger partial charge in [0.25, 0.3) is 11.5 Å². The molecule has 0 saturated heterocycles. The predicted molar refractivity (Wildman–Crippen MR) is 68.0 cm³/mol. The van der Waals surface area contributed by atoms with Crippen LogP contribution in [0.1, 0.15) is 23.0 Å². The first-order valence-corrected chi connectivity index (χ1v) is 5.82. The molecule has 0 bridgehead atoms. The van der Waals surface area contributed by atoms with Crippen molar-refractivity contribution in [2.45, 2.75) is 20.0 Å². The van der Waals surface area contributed by atoms with Gasteiger partial charge in [-0.25, -0.2) is 4.98 Å². The van der Waals surface area contributed by atoms with Crippen LogP contribution in [0.5, 0.6) is 0 Å². The summed E-state index contributed by atoms with van der Waals surface area (Å²) in [5.74, 6) is -0.0442. The molecule has 1 unspecified atom stereocenters. The average molecular weight is 265 g/mol. The van der Waals surface area contributed by atoms with Crippen molar-refractivity contribution in [1.29, 1.82) is 0 Å². The van der Waals surface area contributed by atoms with Crippen LogP contribution in [-0.4, -0.2) is 45.6 Å². The van der Waals surface area contributed by atoms with Crippen LogP contribution in [0.25, 0.3) is 11.1 Å². The first-order valence-electron chi connectivity index (χ1n) is 5.82. The van der Waals surface area contributed by atoms with Gasteiger partial charge in [0, 0.05) is 13.6 Å². The van der Waals surface area contributed by atoms with E-state index in [4.69, 9.17) is 4.42 Å². The van der Waals surface area contributed by atoms with Gasteiger partial charge in [0.15, 0.2) is 0 Å². The highest BCUT2D eigenvalue weighted by atomic mass is 16.3. The monoisotopic (exact) mass is 265 g/mol. The molecule has 0 saturated carbocycles. The number of aliphatic hydroxyl groups excluding tert-OH is 1. The number of fused-ring (bicyclic) bond motifs is 1. The smallest absolute Gasteiger partial charge is 0.262 e. The largest absolute Gasteiger partial charge is 0.442 e. The zero-order chi connectivity index (χ0) is 14.2. The van der Waals surface area contributed by atoms with Crippen LogP contribution >= 0.6 is 0 Å². The fourth-order valence-corrected chi connectivity index (χ4v) is 1.98. The molecule has 102 valence electrons. The minimum Gasteiger partial charge on any atom is -0.442 e. The molecular formula is C12H15N3O4. The molecule has 2 heterocycles. The molecule has 7 nitrogen and oxygen atoms in total. The number of hydrogen-bond acceptors (Lipinski definition) is 5. The Kier molecular flexibility index (Phi) is 3.39. The first kappa shape index (κ1) is 13.3. The minimum absolute atomic E-state index is 0.134. The maximum Gasteiger partial charge on any atom is 0.262 e. The number of rotatable bonds is 3. The summed E-state index contributed by atoms with van der Waals surface area (Å²) in [7, 11) is 1.55. The minimum atomic E-state index is -0.649. The lowest BCUT2D eigenvalue weighted by Crippen LogP contribution is -2.33. The number of carbonyl (C=O) groups excluding carboxylic acids is 1. The molecule has 7 heteroatoms. The Morgan fingerprint density at radius 2 is 2.32 bits per heavy atom. The predicted octanol–water partition coefficient (Wildman–Crippen LogP) is 0.277. The third-order valence-electron chi connectivity index (χ3n) is 2.77. The Morgan fingerprint density at radius 1 is 1.63 bits per heavy atom. The number of carbonyl (C=O) groups is 1. The zero-order valence-corrected chi connectivity index (χ0v) is 10.9. The van der Waals surface area contributed by atoms with Gasteiger partial charge >= 0.3 is 0 Å². The van der Waals surface area contributed by atoms with Gasteiger partial charge < -0.3 is 19.4 Å². The van der Waals surface area contributed by atoms with Crippen LogP contribution in [0.4, 0.5) is 0 Å². The molecule has 1 atom stereocenters. The summed E-state index contributed by atoms with van der Waals surface area (Å²) >= 11 is 0. The van der Waals surface area contributed by atoms with Gasteiger partial charge in [-0.05, 0) is 13.8 Å². The van der Waals surface area contributed by atoms with Crippen LogP contribution in [0.15, 0.2) is 15.5 Å². The van der Waals surface area contributed by atoms with Crippen molar-refractivity contribution in [3.63, 3.8) is 0 Å². The fraction of sp³-hybridized carbons (Fsp3) is 0.417. The third-order valence-corrected chi connectivity index (χ3v) is 2.77. The van der Waals surface area contributed by atoms with Crippen LogP contribution < -0.4 is 5.56 Å².